The number of ether oxygens (including phenoxy) is 1. The molecule has 19 heavy (non-hydrogen) atoms. The van der Waals surface area contributed by atoms with Crippen LogP contribution >= 0.6 is 0 Å². The van der Waals surface area contributed by atoms with E-state index in [0.29, 0.717) is 12.3 Å². The number of likely N-dealkylation sites (tertiary alicyclic amines) is 1. The third-order valence-electron chi connectivity index (χ3n) is 3.66. The van der Waals surface area contributed by atoms with Gasteiger partial charge in [0.2, 0.25) is 5.91 Å². The first-order valence-corrected chi connectivity index (χ1v) is 7.05. The van der Waals surface area contributed by atoms with Crippen LogP contribution in [-0.2, 0) is 4.79 Å². The molecule has 1 unspecified atom stereocenters. The Bertz CT molecular complexity index is 425. The Labute approximate surface area is 115 Å². The minimum atomic E-state index is 0.247. The fourth-order valence-corrected chi connectivity index (χ4v) is 2.70. The highest BCUT2D eigenvalue weighted by Crippen LogP contribution is 2.33. The fourth-order valence-electron chi connectivity index (χ4n) is 2.70. The molecule has 1 aromatic rings. The molecule has 3 heteroatoms. The number of amides is 1. The predicted molar refractivity (Wildman–Crippen MR) is 76.1 cm³/mol. The van der Waals surface area contributed by atoms with Crippen LogP contribution in [0.4, 0.5) is 0 Å². The quantitative estimate of drug-likeness (QED) is 0.831. The van der Waals surface area contributed by atoms with Crippen molar-refractivity contribution in [3.8, 4) is 5.75 Å². The number of rotatable bonds is 4. The normalized spacial score (nSPS) is 18.9. The summed E-state index contributed by atoms with van der Waals surface area (Å²) < 4.78 is 5.18. The lowest BCUT2D eigenvalue weighted by atomic mass is 10.0. The Morgan fingerprint density at radius 3 is 2.63 bits per heavy atom. The molecule has 1 saturated heterocycles. The lowest BCUT2D eigenvalue weighted by Crippen LogP contribution is -2.31. The summed E-state index contributed by atoms with van der Waals surface area (Å²) >= 11 is 0. The van der Waals surface area contributed by atoms with Gasteiger partial charge in [-0.1, -0.05) is 26.0 Å². The Morgan fingerprint density at radius 1 is 1.37 bits per heavy atom. The highest BCUT2D eigenvalue weighted by Gasteiger charge is 2.29. The van der Waals surface area contributed by atoms with E-state index in [1.807, 2.05) is 17.0 Å². The van der Waals surface area contributed by atoms with Crippen molar-refractivity contribution in [2.45, 2.75) is 39.2 Å². The van der Waals surface area contributed by atoms with Crippen LogP contribution in [0.5, 0.6) is 5.75 Å². The second-order valence-electron chi connectivity index (χ2n) is 5.62. The van der Waals surface area contributed by atoms with E-state index < -0.39 is 0 Å². The van der Waals surface area contributed by atoms with Crippen molar-refractivity contribution in [3.63, 3.8) is 0 Å². The molecule has 0 radical (unpaired) electrons. The van der Waals surface area contributed by atoms with E-state index in [-0.39, 0.29) is 11.9 Å². The molecule has 0 saturated carbocycles. The molecule has 1 aliphatic heterocycles. The van der Waals surface area contributed by atoms with Gasteiger partial charge in [0.05, 0.1) is 13.2 Å². The number of benzene rings is 1. The number of hydrogen-bond acceptors (Lipinski definition) is 2. The van der Waals surface area contributed by atoms with Crippen molar-refractivity contribution in [3.05, 3.63) is 29.8 Å². The number of methoxy groups -OCH3 is 1. The number of nitrogens with zero attached hydrogens (tertiary/aromatic N) is 1. The topological polar surface area (TPSA) is 29.5 Å². The molecular weight excluding hydrogens is 238 g/mol. The maximum atomic E-state index is 12.3. The molecule has 0 aliphatic carbocycles. The van der Waals surface area contributed by atoms with E-state index >= 15 is 0 Å². The van der Waals surface area contributed by atoms with Crippen LogP contribution in [0, 0.1) is 5.92 Å². The molecule has 1 fully saturated rings. The average Bonchev–Trinajstić information content (AvgIpc) is 2.87. The molecule has 104 valence electrons. The zero-order chi connectivity index (χ0) is 13.8. The molecule has 1 heterocycles. The molecule has 1 aromatic carbocycles. The molecular formula is C16H23NO2. The van der Waals surface area contributed by atoms with E-state index in [9.17, 15) is 4.79 Å². The molecule has 3 nitrogen and oxygen atoms in total. The van der Waals surface area contributed by atoms with Crippen LogP contribution in [0.15, 0.2) is 24.3 Å². The van der Waals surface area contributed by atoms with Gasteiger partial charge in [-0.3, -0.25) is 4.79 Å². The van der Waals surface area contributed by atoms with E-state index in [2.05, 4.69) is 26.0 Å². The first-order valence-electron chi connectivity index (χ1n) is 7.05. The summed E-state index contributed by atoms with van der Waals surface area (Å²) in [4.78, 5) is 14.3. The largest absolute Gasteiger partial charge is 0.497 e. The zero-order valence-electron chi connectivity index (χ0n) is 12.1. The molecule has 2 rings (SSSR count). The van der Waals surface area contributed by atoms with Crippen LogP contribution in [0.3, 0.4) is 0 Å². The second kappa shape index (κ2) is 6.09. The Kier molecular flexibility index (Phi) is 4.46. The van der Waals surface area contributed by atoms with Crippen LogP contribution in [0.2, 0.25) is 0 Å². The maximum absolute atomic E-state index is 12.3. The first kappa shape index (κ1) is 13.9. The molecule has 1 amide bonds. The Morgan fingerprint density at radius 2 is 2.05 bits per heavy atom. The lowest BCUT2D eigenvalue weighted by molar-refractivity contribution is -0.132. The van der Waals surface area contributed by atoms with Crippen LogP contribution in [0.1, 0.15) is 44.7 Å². The third-order valence-corrected chi connectivity index (χ3v) is 3.66. The van der Waals surface area contributed by atoms with Gasteiger partial charge >= 0.3 is 0 Å². The summed E-state index contributed by atoms with van der Waals surface area (Å²) in [6.45, 7) is 5.08. The van der Waals surface area contributed by atoms with E-state index in [4.69, 9.17) is 4.74 Å². The van der Waals surface area contributed by atoms with Crippen molar-refractivity contribution < 1.29 is 9.53 Å². The first-order chi connectivity index (χ1) is 9.11. The van der Waals surface area contributed by atoms with Gasteiger partial charge in [-0.25, -0.2) is 0 Å². The summed E-state index contributed by atoms with van der Waals surface area (Å²) in [5.41, 5.74) is 1.22. The van der Waals surface area contributed by atoms with E-state index in [1.54, 1.807) is 7.11 Å². The zero-order valence-corrected chi connectivity index (χ0v) is 12.1. The van der Waals surface area contributed by atoms with Gasteiger partial charge in [-0.05, 0) is 36.5 Å². The number of carbonyl (C=O) groups excluding carboxylic acids is 1. The van der Waals surface area contributed by atoms with Crippen LogP contribution in [-0.4, -0.2) is 24.5 Å². The van der Waals surface area contributed by atoms with Gasteiger partial charge in [0.25, 0.3) is 0 Å². The highest BCUT2D eigenvalue weighted by atomic mass is 16.5. The minimum absolute atomic E-state index is 0.247. The maximum Gasteiger partial charge on any atom is 0.223 e. The van der Waals surface area contributed by atoms with Gasteiger partial charge in [-0.15, -0.1) is 0 Å². The minimum Gasteiger partial charge on any atom is -0.497 e. The van der Waals surface area contributed by atoms with Crippen molar-refractivity contribution in [1.82, 2.24) is 4.90 Å². The summed E-state index contributed by atoms with van der Waals surface area (Å²) in [5, 5.41) is 0. The predicted octanol–water partition coefficient (Wildman–Crippen LogP) is 3.40. The highest BCUT2D eigenvalue weighted by molar-refractivity contribution is 5.77. The summed E-state index contributed by atoms with van der Waals surface area (Å²) in [7, 11) is 1.67. The van der Waals surface area contributed by atoms with Gasteiger partial charge < -0.3 is 9.64 Å². The lowest BCUT2D eigenvalue weighted by Gasteiger charge is -2.26. The third kappa shape index (κ3) is 3.28. The Balaban J connectivity index is 2.11. The smallest absolute Gasteiger partial charge is 0.223 e. The van der Waals surface area contributed by atoms with Gasteiger partial charge in [0.1, 0.15) is 5.75 Å². The molecule has 1 aliphatic rings. The van der Waals surface area contributed by atoms with Crippen molar-refractivity contribution in [1.29, 1.82) is 0 Å². The van der Waals surface area contributed by atoms with Crippen LogP contribution < -0.4 is 4.74 Å². The van der Waals surface area contributed by atoms with Crippen molar-refractivity contribution in [2.75, 3.05) is 13.7 Å². The fraction of sp³-hybridized carbons (Fsp3) is 0.562. The molecule has 0 aromatic heterocycles. The molecule has 0 bridgehead atoms. The summed E-state index contributed by atoms with van der Waals surface area (Å²) in [6, 6.07) is 8.34. The average molecular weight is 261 g/mol. The van der Waals surface area contributed by atoms with Crippen molar-refractivity contribution >= 4 is 5.91 Å². The summed E-state index contributed by atoms with van der Waals surface area (Å²) in [6.07, 6.45) is 2.81. The summed E-state index contributed by atoms with van der Waals surface area (Å²) in [5.74, 6) is 1.57. The molecule has 0 spiro atoms. The van der Waals surface area contributed by atoms with Gasteiger partial charge in [0.15, 0.2) is 0 Å². The van der Waals surface area contributed by atoms with Gasteiger partial charge in [0, 0.05) is 13.0 Å². The second-order valence-corrected chi connectivity index (χ2v) is 5.62. The molecule has 1 atom stereocenters. The standard InChI is InChI=1S/C16H23NO2/c1-12(2)11-16(18)17-10-4-5-15(17)13-6-8-14(19-3)9-7-13/h6-9,12,15H,4-5,10-11H2,1-3H3. The molecule has 0 N–H and O–H groups in total. The SMILES string of the molecule is COc1ccc(C2CCCN2C(=O)CC(C)C)cc1. The van der Waals surface area contributed by atoms with Crippen molar-refractivity contribution in [2.24, 2.45) is 5.92 Å². The van der Waals surface area contributed by atoms with E-state index in [0.717, 1.165) is 25.1 Å². The van der Waals surface area contributed by atoms with Gasteiger partial charge in [-0.2, -0.15) is 0 Å². The monoisotopic (exact) mass is 261 g/mol. The van der Waals surface area contributed by atoms with Crippen LogP contribution in [0.25, 0.3) is 0 Å². The number of carbonyl (C=O) groups is 1. The number of hydrogen-bond donors (Lipinski definition) is 0. The Hall–Kier alpha value is -1.51. The van der Waals surface area contributed by atoms with E-state index in [1.165, 1.54) is 5.56 Å².